The zero-order valence-electron chi connectivity index (χ0n) is 17.2. The molecule has 1 aliphatic rings. The summed E-state index contributed by atoms with van der Waals surface area (Å²) >= 11 is 1.16. The minimum atomic E-state index is -3.60. The van der Waals surface area contributed by atoms with Gasteiger partial charge in [-0.25, -0.2) is 13.4 Å². The van der Waals surface area contributed by atoms with Gasteiger partial charge in [0.15, 0.2) is 0 Å². The first kappa shape index (κ1) is 20.7. The molecule has 1 amide bonds. The summed E-state index contributed by atoms with van der Waals surface area (Å²) in [6.45, 7) is 1.37. The topological polar surface area (TPSA) is 95.2 Å². The molecule has 164 valence electrons. The number of anilines is 1. The Kier molecular flexibility index (Phi) is 5.44. The zero-order chi connectivity index (χ0) is 22.1. The van der Waals surface area contributed by atoms with Crippen molar-refractivity contribution in [1.29, 1.82) is 0 Å². The maximum Gasteiger partial charge on any atom is 0.271 e. The number of rotatable bonds is 5. The fourth-order valence-corrected chi connectivity index (χ4v) is 6.25. The molecule has 1 aromatic carbocycles. The molecule has 32 heavy (non-hydrogen) atoms. The van der Waals surface area contributed by atoms with E-state index >= 15 is 0 Å². The van der Waals surface area contributed by atoms with E-state index in [1.165, 1.54) is 5.56 Å². The van der Waals surface area contributed by atoms with Gasteiger partial charge in [-0.05, 0) is 72.2 Å². The van der Waals surface area contributed by atoms with Crippen molar-refractivity contribution >= 4 is 44.0 Å². The Hall–Kier alpha value is -3.17. The van der Waals surface area contributed by atoms with E-state index in [-0.39, 0.29) is 10.1 Å². The second-order valence-corrected chi connectivity index (χ2v) is 10.7. The summed E-state index contributed by atoms with van der Waals surface area (Å²) in [4.78, 5) is 22.4. The minimum Gasteiger partial charge on any atom is -0.346 e. The summed E-state index contributed by atoms with van der Waals surface area (Å²) in [5, 5.41) is 2.87. The van der Waals surface area contributed by atoms with Crippen molar-refractivity contribution < 1.29 is 13.2 Å². The predicted molar refractivity (Wildman–Crippen MR) is 126 cm³/mol. The van der Waals surface area contributed by atoms with Crippen molar-refractivity contribution in [2.75, 3.05) is 17.8 Å². The number of nitrogens with one attached hydrogen (secondary N) is 2. The number of aromatic nitrogens is 2. The number of amides is 1. The summed E-state index contributed by atoms with van der Waals surface area (Å²) in [5.41, 5.74) is 3.15. The monoisotopic (exact) mass is 466 g/mol. The van der Waals surface area contributed by atoms with Crippen molar-refractivity contribution in [2.24, 2.45) is 0 Å². The van der Waals surface area contributed by atoms with Gasteiger partial charge in [0.2, 0.25) is 0 Å². The maximum absolute atomic E-state index is 13.0. The molecule has 1 fully saturated rings. The van der Waals surface area contributed by atoms with Crippen LogP contribution in [-0.2, 0) is 10.0 Å². The lowest BCUT2D eigenvalue weighted by molar-refractivity contribution is 0.0713. The third-order valence-corrected chi connectivity index (χ3v) is 8.63. The Morgan fingerprint density at radius 2 is 1.88 bits per heavy atom. The first-order valence-electron chi connectivity index (χ1n) is 10.4. The van der Waals surface area contributed by atoms with E-state index in [9.17, 15) is 13.2 Å². The third kappa shape index (κ3) is 4.01. The summed E-state index contributed by atoms with van der Waals surface area (Å²) in [6.07, 6.45) is 5.61. The van der Waals surface area contributed by atoms with E-state index in [4.69, 9.17) is 0 Å². The van der Waals surface area contributed by atoms with Crippen LogP contribution in [0.4, 0.5) is 5.69 Å². The molecule has 1 aliphatic heterocycles. The molecule has 3 aromatic heterocycles. The number of hydrogen-bond donors (Lipinski definition) is 2. The van der Waals surface area contributed by atoms with E-state index in [0.717, 1.165) is 35.2 Å². The molecule has 0 radical (unpaired) electrons. The summed E-state index contributed by atoms with van der Waals surface area (Å²) in [5.74, 6) is 0.364. The van der Waals surface area contributed by atoms with E-state index in [0.29, 0.717) is 30.3 Å². The molecule has 5 rings (SSSR count). The Morgan fingerprint density at radius 1 is 1.09 bits per heavy atom. The summed E-state index contributed by atoms with van der Waals surface area (Å²) in [7, 11) is -3.60. The van der Waals surface area contributed by atoms with Crippen LogP contribution in [0.25, 0.3) is 11.0 Å². The average molecular weight is 467 g/mol. The van der Waals surface area contributed by atoms with Crippen LogP contribution >= 0.6 is 11.3 Å². The zero-order valence-corrected chi connectivity index (χ0v) is 18.8. The van der Waals surface area contributed by atoms with Crippen LogP contribution < -0.4 is 4.72 Å². The number of piperidine rings is 1. The van der Waals surface area contributed by atoms with Crippen molar-refractivity contribution in [1.82, 2.24) is 14.9 Å². The molecule has 4 heterocycles. The van der Waals surface area contributed by atoms with Crippen LogP contribution in [0.5, 0.6) is 0 Å². The Balaban J connectivity index is 1.23. The van der Waals surface area contributed by atoms with Gasteiger partial charge < -0.3 is 9.88 Å². The van der Waals surface area contributed by atoms with Gasteiger partial charge in [-0.15, -0.1) is 11.3 Å². The lowest BCUT2D eigenvalue weighted by Crippen LogP contribution is -2.37. The van der Waals surface area contributed by atoms with Gasteiger partial charge in [-0.1, -0.05) is 6.07 Å². The number of pyridine rings is 1. The van der Waals surface area contributed by atoms with Crippen molar-refractivity contribution in [2.45, 2.75) is 23.0 Å². The Labute approximate surface area is 190 Å². The molecule has 0 atom stereocenters. The fraction of sp³-hybridized carbons (Fsp3) is 0.217. The number of sulfonamides is 1. The average Bonchev–Trinajstić information content (AvgIpc) is 3.50. The van der Waals surface area contributed by atoms with Crippen LogP contribution in [0.2, 0.25) is 0 Å². The number of H-pyrrole nitrogens is 1. The van der Waals surface area contributed by atoms with E-state index in [1.54, 1.807) is 48.0 Å². The van der Waals surface area contributed by atoms with E-state index < -0.39 is 10.0 Å². The van der Waals surface area contributed by atoms with Gasteiger partial charge in [0.05, 0.1) is 0 Å². The largest absolute Gasteiger partial charge is 0.346 e. The molecule has 0 saturated carbocycles. The second kappa shape index (κ2) is 8.40. The van der Waals surface area contributed by atoms with Gasteiger partial charge in [-0.3, -0.25) is 9.52 Å². The van der Waals surface area contributed by atoms with Crippen LogP contribution in [-0.4, -0.2) is 42.3 Å². The van der Waals surface area contributed by atoms with Gasteiger partial charge in [0, 0.05) is 42.1 Å². The van der Waals surface area contributed by atoms with Crippen molar-refractivity contribution in [3.8, 4) is 0 Å². The molecule has 0 unspecified atom stereocenters. The molecule has 0 spiro atoms. The summed E-state index contributed by atoms with van der Waals surface area (Å²) < 4.78 is 27.5. The molecule has 2 N–H and O–H groups in total. The normalized spacial score (nSPS) is 15.2. The molecule has 0 aliphatic carbocycles. The Morgan fingerprint density at radius 3 is 2.59 bits per heavy atom. The quantitative estimate of drug-likeness (QED) is 0.454. The molecule has 1 saturated heterocycles. The van der Waals surface area contributed by atoms with Crippen molar-refractivity contribution in [3.63, 3.8) is 0 Å². The fourth-order valence-electron chi connectivity index (χ4n) is 4.19. The minimum absolute atomic E-state index is 0.0308. The SMILES string of the molecule is O=C(c1ccc(NS(=O)(=O)c2cccs2)cc1)N1CCC(c2c[nH]c3ncccc23)CC1. The third-order valence-electron chi connectivity index (χ3n) is 5.85. The first-order valence-corrected chi connectivity index (χ1v) is 12.8. The Bertz CT molecular complexity index is 1340. The first-order chi connectivity index (χ1) is 15.5. The highest BCUT2D eigenvalue weighted by Gasteiger charge is 2.26. The number of benzene rings is 1. The van der Waals surface area contributed by atoms with Gasteiger partial charge in [0.25, 0.3) is 15.9 Å². The molecule has 7 nitrogen and oxygen atoms in total. The predicted octanol–water partition coefficient (Wildman–Crippen LogP) is 4.45. The number of thiophene rings is 1. The smallest absolute Gasteiger partial charge is 0.271 e. The number of carbonyl (C=O) groups is 1. The van der Waals surface area contributed by atoms with Crippen molar-refractivity contribution in [3.05, 3.63) is 77.4 Å². The second-order valence-electron chi connectivity index (χ2n) is 7.82. The molecule has 0 bridgehead atoms. The lowest BCUT2D eigenvalue weighted by atomic mass is 9.89. The van der Waals surface area contributed by atoms with Gasteiger partial charge in [-0.2, -0.15) is 0 Å². The summed E-state index contributed by atoms with van der Waals surface area (Å²) in [6, 6.07) is 13.9. The highest BCUT2D eigenvalue weighted by Crippen LogP contribution is 2.33. The van der Waals surface area contributed by atoms with E-state index in [2.05, 4.69) is 20.8 Å². The number of likely N-dealkylation sites (tertiary alicyclic amines) is 1. The van der Waals surface area contributed by atoms with E-state index in [1.807, 2.05) is 17.2 Å². The number of aromatic amines is 1. The maximum atomic E-state index is 13.0. The lowest BCUT2D eigenvalue weighted by Gasteiger charge is -2.32. The van der Waals surface area contributed by atoms with Crippen LogP contribution in [0.1, 0.15) is 34.7 Å². The molecule has 9 heteroatoms. The van der Waals surface area contributed by atoms with Crippen LogP contribution in [0, 0.1) is 0 Å². The molecule has 4 aromatic rings. The highest BCUT2D eigenvalue weighted by molar-refractivity contribution is 7.94. The number of carbonyl (C=O) groups excluding carboxylic acids is 1. The standard InChI is InChI=1S/C23H22N4O3S2/c28-23(17-5-7-18(8-6-17)26-32(29,30)21-4-2-14-31-21)27-12-9-16(10-13-27)20-15-25-22-19(20)3-1-11-24-22/h1-8,11,14-16,26H,9-10,12-13H2,(H,24,25). The number of fused-ring (bicyclic) bond motifs is 1. The van der Waals surface area contributed by atoms with Gasteiger partial charge in [0.1, 0.15) is 9.86 Å². The van der Waals surface area contributed by atoms with Crippen LogP contribution in [0.3, 0.4) is 0 Å². The van der Waals surface area contributed by atoms with Crippen LogP contribution in [0.15, 0.2) is 70.5 Å². The number of nitrogens with zero attached hydrogens (tertiary/aromatic N) is 2. The van der Waals surface area contributed by atoms with Gasteiger partial charge >= 0.3 is 0 Å². The molecular formula is C23H22N4O3S2. The highest BCUT2D eigenvalue weighted by atomic mass is 32.2. The molecular weight excluding hydrogens is 444 g/mol. The number of hydrogen-bond acceptors (Lipinski definition) is 5.